The number of hydrogen-bond donors (Lipinski definition) is 1. The van der Waals surface area contributed by atoms with Crippen LogP contribution >= 0.6 is 11.6 Å². The Bertz CT molecular complexity index is 1580. The van der Waals surface area contributed by atoms with Crippen molar-refractivity contribution < 1.29 is 13.9 Å². The number of rotatable bonds is 12. The van der Waals surface area contributed by atoms with Crippen molar-refractivity contribution in [3.05, 3.63) is 105 Å². The minimum Gasteiger partial charge on any atom is -0.494 e. The van der Waals surface area contributed by atoms with E-state index in [1.807, 2.05) is 67.6 Å². The number of tetrazole rings is 1. The number of pyridine rings is 1. The van der Waals surface area contributed by atoms with E-state index in [9.17, 15) is 4.79 Å². The van der Waals surface area contributed by atoms with Gasteiger partial charge < -0.3 is 18.9 Å². The molecule has 202 valence electrons. The molecule has 10 nitrogen and oxygen atoms in total. The maximum Gasteiger partial charge on any atom is 0.253 e. The normalized spacial score (nSPS) is 12.3. The molecule has 39 heavy (non-hydrogen) atoms. The van der Waals surface area contributed by atoms with Crippen LogP contribution in [0.4, 0.5) is 0 Å². The number of nitrogens with zero attached hydrogens (tertiary/aromatic N) is 5. The van der Waals surface area contributed by atoms with Crippen molar-refractivity contribution >= 4 is 22.5 Å². The summed E-state index contributed by atoms with van der Waals surface area (Å²) in [5, 5.41) is 14.0. The van der Waals surface area contributed by atoms with Crippen LogP contribution in [0.1, 0.15) is 35.7 Å². The molecule has 0 unspecified atom stereocenters. The number of ether oxygens (including phenoxy) is 2. The highest BCUT2D eigenvalue weighted by Crippen LogP contribution is 2.32. The van der Waals surface area contributed by atoms with Crippen LogP contribution in [0, 0.1) is 0 Å². The van der Waals surface area contributed by atoms with E-state index in [-0.39, 0.29) is 5.56 Å². The lowest BCUT2D eigenvalue weighted by molar-refractivity contribution is 0.163. The molecule has 0 bridgehead atoms. The molecule has 3 aromatic heterocycles. The Balaban J connectivity index is 1.69. The van der Waals surface area contributed by atoms with E-state index in [0.29, 0.717) is 60.5 Å². The van der Waals surface area contributed by atoms with Crippen LogP contribution in [0.25, 0.3) is 10.9 Å². The lowest BCUT2D eigenvalue weighted by atomic mass is 10.0. The van der Waals surface area contributed by atoms with Crippen molar-refractivity contribution in [3.8, 4) is 5.75 Å². The number of aromatic amines is 1. The van der Waals surface area contributed by atoms with Gasteiger partial charge in [-0.1, -0.05) is 29.8 Å². The largest absolute Gasteiger partial charge is 0.494 e. The number of benzene rings is 2. The first-order chi connectivity index (χ1) is 19.1. The molecule has 0 aliphatic heterocycles. The van der Waals surface area contributed by atoms with Crippen LogP contribution in [0.15, 0.2) is 76.1 Å². The molecule has 5 rings (SSSR count). The minimum absolute atomic E-state index is 0.249. The van der Waals surface area contributed by atoms with Gasteiger partial charge in [-0.25, -0.2) is 4.68 Å². The van der Waals surface area contributed by atoms with Crippen molar-refractivity contribution in [2.24, 2.45) is 0 Å². The van der Waals surface area contributed by atoms with Crippen LogP contribution < -0.4 is 10.3 Å². The molecular formula is C28H29ClN6O4. The highest BCUT2D eigenvalue weighted by Gasteiger charge is 2.31. The molecule has 5 aromatic rings. The van der Waals surface area contributed by atoms with E-state index in [0.717, 1.165) is 16.7 Å². The molecule has 0 radical (unpaired) electrons. The standard InChI is InChI=1S/C28H29ClN6O4/c1-3-38-21-10-11-25-20(15-21)16-23(28(36)30-25)26(27-31-32-33-35(27)12-14-37-2)34(18-22-8-6-13-39-22)17-19-7-4-5-9-24(19)29/h4-11,13,15-16,26H,3,12,14,17-18H2,1-2H3,(H,30,36)/t26-/m0/s1. The van der Waals surface area contributed by atoms with Gasteiger partial charge in [-0.15, -0.1) is 5.10 Å². The first-order valence-corrected chi connectivity index (χ1v) is 13.0. The second kappa shape index (κ2) is 12.2. The lowest BCUT2D eigenvalue weighted by Crippen LogP contribution is -2.35. The zero-order chi connectivity index (χ0) is 27.2. The van der Waals surface area contributed by atoms with E-state index in [2.05, 4.69) is 25.4 Å². The van der Waals surface area contributed by atoms with Gasteiger partial charge in [0.15, 0.2) is 5.82 Å². The summed E-state index contributed by atoms with van der Waals surface area (Å²) in [7, 11) is 1.62. The molecule has 0 fully saturated rings. The Kier molecular flexibility index (Phi) is 8.36. The molecule has 0 aliphatic rings. The third-order valence-corrected chi connectivity index (χ3v) is 6.77. The average molecular weight is 549 g/mol. The average Bonchev–Trinajstić information content (AvgIpc) is 3.62. The molecule has 1 N–H and O–H groups in total. The van der Waals surface area contributed by atoms with Crippen LogP contribution in [-0.4, -0.2) is 50.4 Å². The van der Waals surface area contributed by atoms with Gasteiger partial charge in [0.05, 0.1) is 32.6 Å². The van der Waals surface area contributed by atoms with Gasteiger partial charge in [-0.2, -0.15) is 0 Å². The number of H-pyrrole nitrogens is 1. The van der Waals surface area contributed by atoms with Crippen molar-refractivity contribution in [3.63, 3.8) is 0 Å². The van der Waals surface area contributed by atoms with Gasteiger partial charge in [-0.3, -0.25) is 9.69 Å². The fraction of sp³-hybridized carbons (Fsp3) is 0.286. The van der Waals surface area contributed by atoms with Gasteiger partial charge >= 0.3 is 0 Å². The van der Waals surface area contributed by atoms with E-state index < -0.39 is 6.04 Å². The summed E-state index contributed by atoms with van der Waals surface area (Å²) in [6.45, 7) is 4.05. The minimum atomic E-state index is -0.651. The maximum atomic E-state index is 13.7. The van der Waals surface area contributed by atoms with Gasteiger partial charge in [0.25, 0.3) is 5.56 Å². The van der Waals surface area contributed by atoms with Crippen molar-refractivity contribution in [2.75, 3.05) is 20.3 Å². The summed E-state index contributed by atoms with van der Waals surface area (Å²) in [6.07, 6.45) is 1.62. The maximum absolute atomic E-state index is 13.7. The molecule has 3 heterocycles. The highest BCUT2D eigenvalue weighted by atomic mass is 35.5. The molecule has 11 heteroatoms. The van der Waals surface area contributed by atoms with E-state index in [4.69, 9.17) is 25.5 Å². The highest BCUT2D eigenvalue weighted by molar-refractivity contribution is 6.31. The monoisotopic (exact) mass is 548 g/mol. The summed E-state index contributed by atoms with van der Waals surface area (Å²) >= 11 is 6.59. The molecule has 0 saturated carbocycles. The number of halogens is 1. The number of hydrogen-bond acceptors (Lipinski definition) is 8. The van der Waals surface area contributed by atoms with Crippen molar-refractivity contribution in [2.45, 2.75) is 32.6 Å². The Hall–Kier alpha value is -3.99. The summed E-state index contributed by atoms with van der Waals surface area (Å²) in [5.41, 5.74) is 1.82. The smallest absolute Gasteiger partial charge is 0.253 e. The lowest BCUT2D eigenvalue weighted by Gasteiger charge is -2.30. The van der Waals surface area contributed by atoms with Crippen LogP contribution in [0.5, 0.6) is 5.75 Å². The number of aromatic nitrogens is 5. The van der Waals surface area contributed by atoms with Crippen LogP contribution in [0.2, 0.25) is 5.02 Å². The zero-order valence-electron chi connectivity index (χ0n) is 21.7. The Morgan fingerprint density at radius 2 is 2.00 bits per heavy atom. The Labute approximate surface area is 230 Å². The molecule has 0 spiro atoms. The topological polar surface area (TPSA) is 111 Å². The third kappa shape index (κ3) is 6.03. The van der Waals surface area contributed by atoms with Gasteiger partial charge in [0, 0.05) is 35.1 Å². The first kappa shape index (κ1) is 26.6. The second-order valence-corrected chi connectivity index (χ2v) is 9.37. The van der Waals surface area contributed by atoms with Gasteiger partial charge in [0.1, 0.15) is 17.6 Å². The number of furan rings is 1. The summed E-state index contributed by atoms with van der Waals surface area (Å²) in [5.74, 6) is 1.93. The predicted molar refractivity (Wildman–Crippen MR) is 147 cm³/mol. The molecule has 2 aromatic carbocycles. The van der Waals surface area contributed by atoms with Crippen LogP contribution in [0.3, 0.4) is 0 Å². The molecule has 0 aliphatic carbocycles. The summed E-state index contributed by atoms with van der Waals surface area (Å²) in [4.78, 5) is 18.8. The SMILES string of the molecule is CCOc1ccc2[nH]c(=O)c([C@@H](c3nnnn3CCOC)N(Cc3ccco3)Cc3ccccc3Cl)cc2c1. The Morgan fingerprint density at radius 1 is 1.13 bits per heavy atom. The predicted octanol–water partition coefficient (Wildman–Crippen LogP) is 4.60. The summed E-state index contributed by atoms with van der Waals surface area (Å²) < 4.78 is 18.4. The van der Waals surface area contributed by atoms with E-state index in [1.54, 1.807) is 18.1 Å². The number of methoxy groups -OCH3 is 1. The van der Waals surface area contributed by atoms with Crippen molar-refractivity contribution in [1.29, 1.82) is 0 Å². The molecule has 0 saturated heterocycles. The fourth-order valence-electron chi connectivity index (χ4n) is 4.59. The molecule has 0 amide bonds. The second-order valence-electron chi connectivity index (χ2n) is 8.97. The molecule has 1 atom stereocenters. The van der Waals surface area contributed by atoms with Gasteiger partial charge in [0.2, 0.25) is 0 Å². The third-order valence-electron chi connectivity index (χ3n) is 6.40. The van der Waals surface area contributed by atoms with Gasteiger partial charge in [-0.05, 0) is 65.4 Å². The fourth-order valence-corrected chi connectivity index (χ4v) is 4.79. The van der Waals surface area contributed by atoms with Crippen molar-refractivity contribution in [1.82, 2.24) is 30.1 Å². The number of fused-ring (bicyclic) bond motifs is 1. The zero-order valence-corrected chi connectivity index (χ0v) is 22.5. The van der Waals surface area contributed by atoms with E-state index >= 15 is 0 Å². The van der Waals surface area contributed by atoms with E-state index in [1.165, 1.54) is 0 Å². The quantitative estimate of drug-likeness (QED) is 0.241. The molecular weight excluding hydrogens is 520 g/mol. The number of nitrogens with one attached hydrogen (secondary N) is 1. The van der Waals surface area contributed by atoms with Crippen LogP contribution in [-0.2, 0) is 24.4 Å². The first-order valence-electron chi connectivity index (χ1n) is 12.6. The summed E-state index contributed by atoms with van der Waals surface area (Å²) in [6, 6.07) is 18.2. The Morgan fingerprint density at radius 3 is 2.77 bits per heavy atom.